The van der Waals surface area contributed by atoms with Crippen molar-refractivity contribution in [3.05, 3.63) is 0 Å². The zero-order valence-electron chi connectivity index (χ0n) is 11.9. The summed E-state index contributed by atoms with van der Waals surface area (Å²) in [5.74, 6) is -0.0185. The van der Waals surface area contributed by atoms with Gasteiger partial charge < -0.3 is 10.0 Å². The molecule has 1 aliphatic heterocycles. The molecule has 4 nitrogen and oxygen atoms in total. The summed E-state index contributed by atoms with van der Waals surface area (Å²) in [7, 11) is 0. The predicted molar refractivity (Wildman–Crippen MR) is 75.9 cm³/mol. The van der Waals surface area contributed by atoms with Gasteiger partial charge in [-0.15, -0.1) is 11.8 Å². The van der Waals surface area contributed by atoms with Crippen molar-refractivity contribution in [2.24, 2.45) is 11.3 Å². The van der Waals surface area contributed by atoms with E-state index in [0.717, 1.165) is 25.7 Å². The maximum atomic E-state index is 12.8. The molecular formula is C14H23NO3S. The smallest absolute Gasteiger partial charge is 0.327 e. The summed E-state index contributed by atoms with van der Waals surface area (Å²) in [5.41, 5.74) is -0.342. The number of carboxylic acid groups (broad SMARTS) is 1. The quantitative estimate of drug-likeness (QED) is 0.866. The summed E-state index contributed by atoms with van der Waals surface area (Å²) < 4.78 is 0. The first-order chi connectivity index (χ1) is 8.87. The summed E-state index contributed by atoms with van der Waals surface area (Å²) in [6, 6.07) is -0.651. The predicted octanol–water partition coefficient (Wildman–Crippen LogP) is 2.58. The van der Waals surface area contributed by atoms with Crippen LogP contribution in [0, 0.1) is 11.3 Å². The van der Waals surface area contributed by atoms with Gasteiger partial charge in [-0.1, -0.05) is 33.6 Å². The molecule has 1 amide bonds. The Labute approximate surface area is 118 Å². The van der Waals surface area contributed by atoms with Gasteiger partial charge in [-0.2, -0.15) is 0 Å². The number of amides is 1. The van der Waals surface area contributed by atoms with Crippen LogP contribution in [0.4, 0.5) is 0 Å². The number of aliphatic carboxylic acids is 1. The molecule has 19 heavy (non-hydrogen) atoms. The van der Waals surface area contributed by atoms with E-state index in [0.29, 0.717) is 5.75 Å². The van der Waals surface area contributed by atoms with Gasteiger partial charge in [-0.25, -0.2) is 4.79 Å². The third kappa shape index (κ3) is 2.62. The van der Waals surface area contributed by atoms with Gasteiger partial charge in [0.05, 0.1) is 5.37 Å². The van der Waals surface area contributed by atoms with Crippen LogP contribution in [-0.2, 0) is 9.59 Å². The normalized spacial score (nSPS) is 30.0. The molecular weight excluding hydrogens is 262 g/mol. The number of rotatable bonds is 3. The highest BCUT2D eigenvalue weighted by Crippen LogP contribution is 2.43. The number of carboxylic acids is 1. The second-order valence-corrected chi connectivity index (χ2v) is 7.45. The minimum Gasteiger partial charge on any atom is -0.480 e. The fourth-order valence-electron chi connectivity index (χ4n) is 3.17. The molecule has 2 fully saturated rings. The topological polar surface area (TPSA) is 57.6 Å². The second kappa shape index (κ2) is 5.35. The van der Waals surface area contributed by atoms with E-state index >= 15 is 0 Å². The van der Waals surface area contributed by atoms with Crippen LogP contribution in [0.1, 0.15) is 46.5 Å². The highest BCUT2D eigenvalue weighted by molar-refractivity contribution is 8.00. The van der Waals surface area contributed by atoms with Crippen molar-refractivity contribution in [2.45, 2.75) is 57.9 Å². The molecule has 2 aliphatic rings. The first-order valence-electron chi connectivity index (χ1n) is 7.04. The molecule has 1 saturated carbocycles. The Hall–Kier alpha value is -0.710. The van der Waals surface area contributed by atoms with Crippen molar-refractivity contribution in [1.82, 2.24) is 4.90 Å². The van der Waals surface area contributed by atoms with Crippen molar-refractivity contribution >= 4 is 23.6 Å². The number of hydrogen-bond donors (Lipinski definition) is 1. The standard InChI is InChI=1S/C14H23NO3S/c1-9(2)11-15(10(8-19-11)12(16)17)13(18)14(3)6-4-5-7-14/h9-11H,4-8H2,1-3H3,(H,16,17). The lowest BCUT2D eigenvalue weighted by molar-refractivity contribution is -0.154. The number of carbonyl (C=O) groups excluding carboxylic acids is 1. The second-order valence-electron chi connectivity index (χ2n) is 6.30. The highest BCUT2D eigenvalue weighted by atomic mass is 32.2. The van der Waals surface area contributed by atoms with Crippen LogP contribution in [0.15, 0.2) is 0 Å². The molecule has 1 saturated heterocycles. The molecule has 1 aliphatic carbocycles. The molecule has 0 radical (unpaired) electrons. The fourth-order valence-corrected chi connectivity index (χ4v) is 4.64. The zero-order chi connectivity index (χ0) is 14.2. The number of carbonyl (C=O) groups is 2. The molecule has 0 spiro atoms. The van der Waals surface area contributed by atoms with Crippen molar-refractivity contribution < 1.29 is 14.7 Å². The number of thioether (sulfide) groups is 1. The van der Waals surface area contributed by atoms with Crippen LogP contribution in [-0.4, -0.2) is 39.1 Å². The Morgan fingerprint density at radius 1 is 1.32 bits per heavy atom. The maximum absolute atomic E-state index is 12.8. The van der Waals surface area contributed by atoms with Gasteiger partial charge in [-0.3, -0.25) is 4.79 Å². The van der Waals surface area contributed by atoms with Gasteiger partial charge in [0, 0.05) is 11.2 Å². The summed E-state index contributed by atoms with van der Waals surface area (Å²) in [6.07, 6.45) is 3.94. The Morgan fingerprint density at radius 3 is 2.37 bits per heavy atom. The lowest BCUT2D eigenvalue weighted by Crippen LogP contribution is -2.51. The maximum Gasteiger partial charge on any atom is 0.327 e. The van der Waals surface area contributed by atoms with Crippen LogP contribution in [0.2, 0.25) is 0 Å². The third-order valence-corrected chi connectivity index (χ3v) is 5.97. The van der Waals surface area contributed by atoms with E-state index in [2.05, 4.69) is 13.8 Å². The van der Waals surface area contributed by atoms with Gasteiger partial charge >= 0.3 is 5.97 Å². The molecule has 0 aromatic rings. The van der Waals surface area contributed by atoms with E-state index in [1.165, 1.54) is 0 Å². The molecule has 2 atom stereocenters. The van der Waals surface area contributed by atoms with Crippen molar-refractivity contribution in [2.75, 3.05) is 5.75 Å². The third-order valence-electron chi connectivity index (χ3n) is 4.35. The number of nitrogens with zero attached hydrogens (tertiary/aromatic N) is 1. The van der Waals surface area contributed by atoms with Crippen molar-refractivity contribution in [3.8, 4) is 0 Å². The molecule has 2 unspecified atom stereocenters. The van der Waals surface area contributed by atoms with E-state index in [1.54, 1.807) is 16.7 Å². The summed E-state index contributed by atoms with van der Waals surface area (Å²) in [4.78, 5) is 25.9. The Morgan fingerprint density at radius 2 is 1.89 bits per heavy atom. The van der Waals surface area contributed by atoms with E-state index in [1.807, 2.05) is 6.92 Å². The van der Waals surface area contributed by atoms with E-state index in [4.69, 9.17) is 0 Å². The van der Waals surface area contributed by atoms with E-state index < -0.39 is 12.0 Å². The Balaban J connectivity index is 2.25. The molecule has 1 heterocycles. The lowest BCUT2D eigenvalue weighted by Gasteiger charge is -2.36. The molecule has 108 valence electrons. The molecule has 5 heteroatoms. The van der Waals surface area contributed by atoms with Gasteiger partial charge in [0.25, 0.3) is 0 Å². The SMILES string of the molecule is CC(C)C1SCC(C(=O)O)N1C(=O)C1(C)CCCC1. The van der Waals surface area contributed by atoms with Gasteiger partial charge in [0.2, 0.25) is 5.91 Å². The van der Waals surface area contributed by atoms with Gasteiger partial charge in [0.15, 0.2) is 0 Å². The summed E-state index contributed by atoms with van der Waals surface area (Å²) in [5, 5.41) is 9.36. The monoisotopic (exact) mass is 285 g/mol. The minimum absolute atomic E-state index is 0.00558. The molecule has 1 N–H and O–H groups in total. The first kappa shape index (κ1) is 14.7. The molecule has 0 bridgehead atoms. The highest BCUT2D eigenvalue weighted by Gasteiger charge is 2.49. The summed E-state index contributed by atoms with van der Waals surface area (Å²) >= 11 is 1.61. The van der Waals surface area contributed by atoms with Gasteiger partial charge in [0.1, 0.15) is 6.04 Å². The molecule has 2 rings (SSSR count). The van der Waals surface area contributed by atoms with Crippen LogP contribution >= 0.6 is 11.8 Å². The molecule has 0 aromatic carbocycles. The van der Waals surface area contributed by atoms with Crippen LogP contribution in [0.25, 0.3) is 0 Å². The Bertz CT molecular complexity index is 377. The average Bonchev–Trinajstić information content (AvgIpc) is 2.94. The Kier molecular flexibility index (Phi) is 4.14. The minimum atomic E-state index is -0.870. The van der Waals surface area contributed by atoms with Crippen molar-refractivity contribution in [3.63, 3.8) is 0 Å². The van der Waals surface area contributed by atoms with Gasteiger partial charge in [-0.05, 0) is 18.8 Å². The molecule has 0 aromatic heterocycles. The van der Waals surface area contributed by atoms with Crippen LogP contribution < -0.4 is 0 Å². The van der Waals surface area contributed by atoms with Crippen LogP contribution in [0.3, 0.4) is 0 Å². The fraction of sp³-hybridized carbons (Fsp3) is 0.857. The van der Waals surface area contributed by atoms with E-state index in [9.17, 15) is 14.7 Å². The zero-order valence-corrected chi connectivity index (χ0v) is 12.7. The number of hydrogen-bond acceptors (Lipinski definition) is 3. The summed E-state index contributed by atoms with van der Waals surface area (Å²) in [6.45, 7) is 6.11. The lowest BCUT2D eigenvalue weighted by atomic mass is 9.86. The van der Waals surface area contributed by atoms with Crippen LogP contribution in [0.5, 0.6) is 0 Å². The largest absolute Gasteiger partial charge is 0.480 e. The van der Waals surface area contributed by atoms with Crippen molar-refractivity contribution in [1.29, 1.82) is 0 Å². The average molecular weight is 285 g/mol. The van der Waals surface area contributed by atoms with E-state index in [-0.39, 0.29) is 22.6 Å². The first-order valence-corrected chi connectivity index (χ1v) is 8.09.